The Kier molecular flexibility index (Phi) is 7.06. The third-order valence-corrected chi connectivity index (χ3v) is 3.39. The number of aromatic nitrogens is 1. The Hall–Kier alpha value is -0.880. The molecule has 22 heavy (non-hydrogen) atoms. The van der Waals surface area contributed by atoms with E-state index in [0.29, 0.717) is 22.1 Å². The van der Waals surface area contributed by atoms with Gasteiger partial charge in [-0.2, -0.15) is 0 Å². The molecule has 1 aromatic carbocycles. The van der Waals surface area contributed by atoms with Crippen LogP contribution in [0.4, 0.5) is 0 Å². The lowest BCUT2D eigenvalue weighted by atomic mass is 10.2. The van der Waals surface area contributed by atoms with Gasteiger partial charge in [0.25, 0.3) is 0 Å². The van der Waals surface area contributed by atoms with Crippen molar-refractivity contribution in [3.63, 3.8) is 0 Å². The monoisotopic (exact) mass is 406 g/mol. The summed E-state index contributed by atoms with van der Waals surface area (Å²) in [5.41, 5.74) is 0.814. The van der Waals surface area contributed by atoms with Crippen LogP contribution in [0.1, 0.15) is 17.4 Å². The van der Waals surface area contributed by atoms with E-state index in [1.807, 2.05) is 25.9 Å². The van der Waals surface area contributed by atoms with Crippen molar-refractivity contribution < 1.29 is 9.53 Å². The molecule has 4 nitrogen and oxygen atoms in total. The minimum atomic E-state index is -0.456. The van der Waals surface area contributed by atoms with Crippen LogP contribution in [0.5, 0.6) is 0 Å². The molecule has 0 amide bonds. The van der Waals surface area contributed by atoms with E-state index in [9.17, 15) is 4.79 Å². The van der Waals surface area contributed by atoms with E-state index in [4.69, 9.17) is 27.9 Å². The first kappa shape index (κ1) is 19.2. The van der Waals surface area contributed by atoms with Crippen molar-refractivity contribution in [1.82, 2.24) is 9.88 Å². The number of fused-ring (bicyclic) bond motifs is 1. The largest absolute Gasteiger partial charge is 0.457 e. The molecule has 0 radical (unpaired) electrons. The number of hydrogen-bond acceptors (Lipinski definition) is 4. The van der Waals surface area contributed by atoms with Crippen LogP contribution in [0, 0.1) is 0 Å². The number of esters is 1. The second kappa shape index (κ2) is 8.11. The highest BCUT2D eigenvalue weighted by molar-refractivity contribution is 8.93. The van der Waals surface area contributed by atoms with Crippen LogP contribution in [0.2, 0.25) is 10.0 Å². The first-order valence-electron chi connectivity index (χ1n) is 6.48. The topological polar surface area (TPSA) is 42.4 Å². The van der Waals surface area contributed by atoms with Crippen LogP contribution < -0.4 is 0 Å². The van der Waals surface area contributed by atoms with Gasteiger partial charge in [-0.05, 0) is 45.3 Å². The zero-order valence-electron chi connectivity index (χ0n) is 12.5. The molecule has 0 saturated carbocycles. The number of benzene rings is 1. The maximum atomic E-state index is 12.1. The van der Waals surface area contributed by atoms with Gasteiger partial charge in [0.05, 0.1) is 10.5 Å². The molecule has 0 fully saturated rings. The molecule has 1 aromatic heterocycles. The summed E-state index contributed by atoms with van der Waals surface area (Å²) in [5, 5.41) is 1.73. The minimum Gasteiger partial charge on any atom is -0.457 e. The van der Waals surface area contributed by atoms with E-state index in [1.165, 1.54) is 0 Å². The second-order valence-corrected chi connectivity index (χ2v) is 5.97. The number of ether oxygens (including phenoxy) is 1. The van der Waals surface area contributed by atoms with Crippen LogP contribution >= 0.6 is 40.2 Å². The van der Waals surface area contributed by atoms with E-state index in [0.717, 1.165) is 5.39 Å². The molecule has 2 aromatic rings. The quantitative estimate of drug-likeness (QED) is 0.711. The maximum Gasteiger partial charge on any atom is 0.357 e. The summed E-state index contributed by atoms with van der Waals surface area (Å²) in [5.74, 6) is -0.456. The summed E-state index contributed by atoms with van der Waals surface area (Å²) >= 11 is 12.0. The van der Waals surface area contributed by atoms with Gasteiger partial charge in [0.15, 0.2) is 0 Å². The summed E-state index contributed by atoms with van der Waals surface area (Å²) < 4.78 is 5.35. The zero-order chi connectivity index (χ0) is 15.6. The summed E-state index contributed by atoms with van der Waals surface area (Å²) in [4.78, 5) is 18.3. The molecule has 2 rings (SSSR count). The fourth-order valence-corrected chi connectivity index (χ4v) is 2.61. The molecule has 120 valence electrons. The number of hydrogen-bond donors (Lipinski definition) is 0. The molecular weight excluding hydrogens is 391 g/mol. The molecule has 0 saturated heterocycles. The lowest BCUT2D eigenvalue weighted by Gasteiger charge is -2.17. The van der Waals surface area contributed by atoms with Crippen LogP contribution in [0.15, 0.2) is 24.3 Å². The average Bonchev–Trinajstić information content (AvgIpc) is 2.36. The number of carbonyl (C=O) groups excluding carboxylic acids is 1. The van der Waals surface area contributed by atoms with E-state index in [2.05, 4.69) is 4.98 Å². The number of pyridine rings is 1. The van der Waals surface area contributed by atoms with Crippen molar-refractivity contribution >= 4 is 57.1 Å². The van der Waals surface area contributed by atoms with Crippen molar-refractivity contribution in [3.8, 4) is 0 Å². The van der Waals surface area contributed by atoms with Crippen molar-refractivity contribution in [2.75, 3.05) is 20.6 Å². The first-order valence-corrected chi connectivity index (χ1v) is 7.24. The Balaban J connectivity index is 0.00000242. The lowest BCUT2D eigenvalue weighted by molar-refractivity contribution is 0.0283. The lowest BCUT2D eigenvalue weighted by Crippen LogP contribution is -2.28. The molecule has 1 unspecified atom stereocenters. The van der Waals surface area contributed by atoms with Crippen LogP contribution in [0.25, 0.3) is 10.9 Å². The number of halogens is 3. The highest BCUT2D eigenvalue weighted by Crippen LogP contribution is 2.27. The average molecular weight is 408 g/mol. The number of carbonyl (C=O) groups is 1. The van der Waals surface area contributed by atoms with Crippen molar-refractivity contribution in [2.45, 2.75) is 13.0 Å². The standard InChI is InChI=1S/C15H16Cl2N2O2.BrH/c1-9(8-19(2)3)21-15(20)13-5-4-11-12(17)6-10(16)7-14(11)18-13;/h4-7,9H,8H2,1-3H3;1H. The van der Waals surface area contributed by atoms with Gasteiger partial charge in [0, 0.05) is 17.0 Å². The van der Waals surface area contributed by atoms with Gasteiger partial charge >= 0.3 is 5.97 Å². The smallest absolute Gasteiger partial charge is 0.357 e. The fourth-order valence-electron chi connectivity index (χ4n) is 2.07. The molecule has 0 aliphatic rings. The zero-order valence-corrected chi connectivity index (χ0v) is 15.7. The summed E-state index contributed by atoms with van der Waals surface area (Å²) in [6.45, 7) is 2.49. The van der Waals surface area contributed by atoms with Gasteiger partial charge in [-0.3, -0.25) is 0 Å². The minimum absolute atomic E-state index is 0. The Morgan fingerprint density at radius 1 is 1.32 bits per heavy atom. The van der Waals surface area contributed by atoms with Gasteiger partial charge in [0.1, 0.15) is 11.8 Å². The fraction of sp³-hybridized carbons (Fsp3) is 0.333. The van der Waals surface area contributed by atoms with Crippen molar-refractivity contribution in [1.29, 1.82) is 0 Å². The molecule has 1 heterocycles. The summed E-state index contributed by atoms with van der Waals surface area (Å²) in [7, 11) is 3.84. The molecule has 0 aliphatic carbocycles. The molecule has 7 heteroatoms. The Bertz CT molecular complexity index is 680. The molecule has 0 spiro atoms. The number of nitrogens with zero attached hydrogens (tertiary/aromatic N) is 2. The van der Waals surface area contributed by atoms with Gasteiger partial charge < -0.3 is 9.64 Å². The normalized spacial score (nSPS) is 12.1. The van der Waals surface area contributed by atoms with Gasteiger partial charge in [-0.15, -0.1) is 17.0 Å². The predicted octanol–water partition coefficient (Wildman–Crippen LogP) is 4.23. The summed E-state index contributed by atoms with van der Waals surface area (Å²) in [6, 6.07) is 6.66. The van der Waals surface area contributed by atoms with Crippen molar-refractivity contribution in [2.24, 2.45) is 0 Å². The Morgan fingerprint density at radius 3 is 2.64 bits per heavy atom. The molecular formula is C15H17BrCl2N2O2. The maximum absolute atomic E-state index is 12.1. The summed E-state index contributed by atoms with van der Waals surface area (Å²) in [6.07, 6.45) is -0.215. The van der Waals surface area contributed by atoms with E-state index < -0.39 is 5.97 Å². The third kappa shape index (κ3) is 4.81. The predicted molar refractivity (Wildman–Crippen MR) is 95.5 cm³/mol. The first-order chi connectivity index (χ1) is 9.86. The highest BCUT2D eigenvalue weighted by Gasteiger charge is 2.15. The number of rotatable bonds is 4. The number of likely N-dealkylation sites (N-methyl/N-ethyl adjacent to an activating group) is 1. The van der Waals surface area contributed by atoms with E-state index in [-0.39, 0.29) is 28.8 Å². The van der Waals surface area contributed by atoms with E-state index in [1.54, 1.807) is 24.3 Å². The molecule has 0 N–H and O–H groups in total. The Labute approximate surface area is 150 Å². The SMILES string of the molecule is Br.CC(CN(C)C)OC(=O)c1ccc2c(Cl)cc(Cl)cc2n1. The van der Waals surface area contributed by atoms with Crippen LogP contribution in [-0.2, 0) is 4.74 Å². The van der Waals surface area contributed by atoms with Crippen LogP contribution in [-0.4, -0.2) is 42.6 Å². The van der Waals surface area contributed by atoms with Crippen LogP contribution in [0.3, 0.4) is 0 Å². The van der Waals surface area contributed by atoms with E-state index >= 15 is 0 Å². The van der Waals surface area contributed by atoms with Gasteiger partial charge in [-0.1, -0.05) is 23.2 Å². The molecule has 0 bridgehead atoms. The highest BCUT2D eigenvalue weighted by atomic mass is 79.9. The Morgan fingerprint density at radius 2 is 2.00 bits per heavy atom. The third-order valence-electron chi connectivity index (χ3n) is 2.86. The van der Waals surface area contributed by atoms with Gasteiger partial charge in [-0.25, -0.2) is 9.78 Å². The van der Waals surface area contributed by atoms with Gasteiger partial charge in [0.2, 0.25) is 0 Å². The molecule has 0 aliphatic heterocycles. The second-order valence-electron chi connectivity index (χ2n) is 5.13. The molecule has 1 atom stereocenters. The van der Waals surface area contributed by atoms with Crippen molar-refractivity contribution in [3.05, 3.63) is 40.0 Å².